The van der Waals surface area contributed by atoms with Crippen molar-refractivity contribution in [3.63, 3.8) is 0 Å². The molecule has 4 atom stereocenters. The molecule has 8 nitrogen and oxygen atoms in total. The van der Waals surface area contributed by atoms with Gasteiger partial charge in [0.1, 0.15) is 17.3 Å². The molecule has 0 amide bonds. The van der Waals surface area contributed by atoms with Crippen molar-refractivity contribution < 1.29 is 24.6 Å². The molecule has 10 heteroatoms. The zero-order valence-electron chi connectivity index (χ0n) is 13.3. The van der Waals surface area contributed by atoms with Gasteiger partial charge in [-0.3, -0.25) is 14.4 Å². The Morgan fingerprint density at radius 3 is 2.08 bits per heavy atom. The van der Waals surface area contributed by atoms with Crippen molar-refractivity contribution in [1.29, 1.82) is 0 Å². The maximum absolute atomic E-state index is 12.6. The number of Topliss-reactive ketones (excluding diaryl/α,β-unsaturated/α-hetero) is 1. The second-order valence-corrected chi connectivity index (χ2v) is 7.86. The molecule has 1 unspecified atom stereocenters. The van der Waals surface area contributed by atoms with E-state index in [1.807, 2.05) is 30.3 Å². The molecule has 1 aromatic rings. The van der Waals surface area contributed by atoms with Gasteiger partial charge in [-0.05, 0) is 12.0 Å². The minimum atomic E-state index is -1.45. The highest BCUT2D eigenvalue weighted by molar-refractivity contribution is 8.77. The standard InChI is InChI=1S/C15H21N3O5S2/c16-9(6-8-4-2-1-3-5-8)12(19)13(11(18)15(22)23)25-24-7-10(17)14(20)21/h1-5,9-11,13H,6-7,16-18H2,(H,20,21)(H,22,23)/t9-,10-,11-,13?/m0/s1. The molecule has 0 aliphatic carbocycles. The molecule has 0 aliphatic heterocycles. The Balaban J connectivity index is 2.74. The first-order valence-corrected chi connectivity index (χ1v) is 9.70. The monoisotopic (exact) mass is 387 g/mol. The Labute approximate surface area is 152 Å². The molecule has 1 rings (SSSR count). The zero-order valence-corrected chi connectivity index (χ0v) is 14.9. The van der Waals surface area contributed by atoms with Crippen LogP contribution in [0, 0.1) is 0 Å². The summed E-state index contributed by atoms with van der Waals surface area (Å²) in [6.07, 6.45) is 0.252. The van der Waals surface area contributed by atoms with Crippen molar-refractivity contribution in [2.24, 2.45) is 17.2 Å². The van der Waals surface area contributed by atoms with Crippen molar-refractivity contribution in [3.8, 4) is 0 Å². The summed E-state index contributed by atoms with van der Waals surface area (Å²) in [5.41, 5.74) is 17.8. The van der Waals surface area contributed by atoms with E-state index in [9.17, 15) is 14.4 Å². The molecule has 1 aromatic carbocycles. The van der Waals surface area contributed by atoms with Crippen LogP contribution in [0.2, 0.25) is 0 Å². The zero-order chi connectivity index (χ0) is 19.0. The molecular formula is C15H21N3O5S2. The molecule has 8 N–H and O–H groups in total. The number of carboxylic acids is 2. The lowest BCUT2D eigenvalue weighted by atomic mass is 9.98. The first-order valence-electron chi connectivity index (χ1n) is 7.32. The van der Waals surface area contributed by atoms with Gasteiger partial charge in [-0.15, -0.1) is 0 Å². The SMILES string of the molecule is N[C@H](C(=O)O)C(SSC[C@H](N)C(=O)O)C(=O)[C@@H](N)Cc1ccccc1. The number of carbonyl (C=O) groups excluding carboxylic acids is 1. The van der Waals surface area contributed by atoms with E-state index < -0.39 is 41.1 Å². The summed E-state index contributed by atoms with van der Waals surface area (Å²) >= 11 is 0. The number of carboxylic acid groups (broad SMARTS) is 2. The quantitative estimate of drug-likeness (QED) is 0.318. The summed E-state index contributed by atoms with van der Waals surface area (Å²) in [4.78, 5) is 34.4. The minimum Gasteiger partial charge on any atom is -0.480 e. The third kappa shape index (κ3) is 7.04. The highest BCUT2D eigenvalue weighted by atomic mass is 33.1. The number of hydrogen-bond acceptors (Lipinski definition) is 8. The number of ketones is 1. The van der Waals surface area contributed by atoms with Crippen LogP contribution in [-0.2, 0) is 20.8 Å². The normalized spacial score (nSPS) is 15.8. The molecule has 25 heavy (non-hydrogen) atoms. The maximum atomic E-state index is 12.6. The second-order valence-electron chi connectivity index (χ2n) is 5.31. The lowest BCUT2D eigenvalue weighted by molar-refractivity contribution is -0.140. The van der Waals surface area contributed by atoms with Gasteiger partial charge in [-0.2, -0.15) is 0 Å². The molecule has 138 valence electrons. The second kappa shape index (κ2) is 10.4. The number of hydrogen-bond donors (Lipinski definition) is 5. The van der Waals surface area contributed by atoms with E-state index in [0.717, 1.165) is 27.2 Å². The van der Waals surface area contributed by atoms with Gasteiger partial charge >= 0.3 is 11.9 Å². The van der Waals surface area contributed by atoms with Crippen molar-refractivity contribution in [1.82, 2.24) is 0 Å². The first kappa shape index (κ1) is 21.5. The van der Waals surface area contributed by atoms with Crippen LogP contribution >= 0.6 is 21.6 Å². The Morgan fingerprint density at radius 1 is 0.960 bits per heavy atom. The Hall–Kier alpha value is -1.59. The molecule has 0 aromatic heterocycles. The third-order valence-electron chi connectivity index (χ3n) is 3.29. The third-order valence-corrected chi connectivity index (χ3v) is 6.09. The van der Waals surface area contributed by atoms with E-state index in [1.165, 1.54) is 0 Å². The molecule has 0 radical (unpaired) electrons. The van der Waals surface area contributed by atoms with Gasteiger partial charge in [0.25, 0.3) is 0 Å². The summed E-state index contributed by atoms with van der Waals surface area (Å²) in [6, 6.07) is 5.59. The molecule has 0 saturated heterocycles. The van der Waals surface area contributed by atoms with Crippen molar-refractivity contribution in [2.45, 2.75) is 29.8 Å². The van der Waals surface area contributed by atoms with E-state index in [2.05, 4.69) is 0 Å². The van der Waals surface area contributed by atoms with Gasteiger partial charge in [0.05, 0.1) is 6.04 Å². The predicted octanol–water partition coefficient (Wildman–Crippen LogP) is -0.301. The van der Waals surface area contributed by atoms with Crippen LogP contribution in [0.5, 0.6) is 0 Å². The van der Waals surface area contributed by atoms with Crippen LogP contribution in [0.3, 0.4) is 0 Å². The summed E-state index contributed by atoms with van der Waals surface area (Å²) in [7, 11) is 1.88. The lowest BCUT2D eigenvalue weighted by Gasteiger charge is -2.22. The molecule has 0 saturated carbocycles. The van der Waals surface area contributed by atoms with Crippen LogP contribution in [-0.4, -0.2) is 57.1 Å². The Bertz CT molecular complexity index is 602. The van der Waals surface area contributed by atoms with Crippen molar-refractivity contribution >= 4 is 39.3 Å². The van der Waals surface area contributed by atoms with E-state index in [0.29, 0.717) is 0 Å². The van der Waals surface area contributed by atoms with E-state index in [1.54, 1.807) is 0 Å². The van der Waals surface area contributed by atoms with Crippen LogP contribution in [0.4, 0.5) is 0 Å². The first-order chi connectivity index (χ1) is 11.7. The van der Waals surface area contributed by atoms with Gasteiger partial charge in [-0.25, -0.2) is 0 Å². The molecule has 0 aliphatic rings. The van der Waals surface area contributed by atoms with Gasteiger partial charge in [-0.1, -0.05) is 51.9 Å². The van der Waals surface area contributed by atoms with Gasteiger partial charge in [0, 0.05) is 5.75 Å². The van der Waals surface area contributed by atoms with E-state index in [4.69, 9.17) is 27.4 Å². The van der Waals surface area contributed by atoms with Gasteiger partial charge < -0.3 is 27.4 Å². The summed E-state index contributed by atoms with van der Waals surface area (Å²) in [5, 5.41) is 16.8. The molecule has 0 fully saturated rings. The number of carbonyl (C=O) groups is 3. The van der Waals surface area contributed by atoms with Crippen molar-refractivity contribution in [2.75, 3.05) is 5.75 Å². The van der Waals surface area contributed by atoms with Crippen LogP contribution in [0.15, 0.2) is 30.3 Å². The Kier molecular flexibility index (Phi) is 8.93. The van der Waals surface area contributed by atoms with E-state index in [-0.39, 0.29) is 12.2 Å². The maximum Gasteiger partial charge on any atom is 0.322 e. The topological polar surface area (TPSA) is 170 Å². The average Bonchev–Trinajstić information content (AvgIpc) is 2.58. The van der Waals surface area contributed by atoms with Crippen molar-refractivity contribution in [3.05, 3.63) is 35.9 Å². The van der Waals surface area contributed by atoms with Crippen LogP contribution in [0.25, 0.3) is 0 Å². The summed E-state index contributed by atoms with van der Waals surface area (Å²) in [5.74, 6) is -3.01. The lowest BCUT2D eigenvalue weighted by Crippen LogP contribution is -2.50. The number of rotatable bonds is 11. The molecule has 0 heterocycles. The van der Waals surface area contributed by atoms with Crippen LogP contribution in [0.1, 0.15) is 5.56 Å². The number of nitrogens with two attached hydrogens (primary N) is 3. The fourth-order valence-electron chi connectivity index (χ4n) is 1.85. The smallest absolute Gasteiger partial charge is 0.322 e. The highest BCUT2D eigenvalue weighted by Crippen LogP contribution is 2.30. The van der Waals surface area contributed by atoms with E-state index >= 15 is 0 Å². The predicted molar refractivity (Wildman–Crippen MR) is 98.2 cm³/mol. The average molecular weight is 387 g/mol. The fraction of sp³-hybridized carbons (Fsp3) is 0.400. The molecule has 0 bridgehead atoms. The fourth-order valence-corrected chi connectivity index (χ4v) is 4.63. The number of aliphatic carboxylic acids is 2. The Morgan fingerprint density at radius 2 is 1.56 bits per heavy atom. The molecule has 0 spiro atoms. The van der Waals surface area contributed by atoms with Gasteiger partial charge in [0.15, 0.2) is 5.78 Å². The minimum absolute atomic E-state index is 0.00401. The summed E-state index contributed by atoms with van der Waals surface area (Å²) in [6.45, 7) is 0. The molecular weight excluding hydrogens is 366 g/mol. The highest BCUT2D eigenvalue weighted by Gasteiger charge is 2.34. The van der Waals surface area contributed by atoms with Gasteiger partial charge in [0.2, 0.25) is 0 Å². The largest absolute Gasteiger partial charge is 0.480 e. The van der Waals surface area contributed by atoms with Crippen LogP contribution < -0.4 is 17.2 Å². The summed E-state index contributed by atoms with van der Waals surface area (Å²) < 4.78 is 0. The number of benzene rings is 1.